The summed E-state index contributed by atoms with van der Waals surface area (Å²) in [4.78, 5) is 28.4. The van der Waals surface area contributed by atoms with Gasteiger partial charge in [0.1, 0.15) is 11.5 Å². The molecule has 3 aromatic rings. The third-order valence-electron chi connectivity index (χ3n) is 6.64. The summed E-state index contributed by atoms with van der Waals surface area (Å²) in [6, 6.07) is 14.6. The van der Waals surface area contributed by atoms with Gasteiger partial charge in [0.15, 0.2) is 11.5 Å². The van der Waals surface area contributed by atoms with Gasteiger partial charge >= 0.3 is 0 Å². The average molecular weight is 554 g/mol. The van der Waals surface area contributed by atoms with Crippen LogP contribution in [0.1, 0.15) is 43.5 Å². The van der Waals surface area contributed by atoms with Crippen molar-refractivity contribution in [3.8, 4) is 17.2 Å². The standard InChI is InChI=1S/C29H25Cl2NO6/c1-29(2,3)16-7-5-15(6-8-16)24-23(25(33)19-11-17(30)12-20(31)27(19)36-4)26(34)28(35)32(24)18-9-10-21-22(13-18)38-14-37-21/h5-13,24,33H,14H2,1-4H3/b25-23+. The number of fused-ring (bicyclic) bond motifs is 1. The monoisotopic (exact) mass is 553 g/mol. The Hall–Kier alpha value is -3.68. The summed E-state index contributed by atoms with van der Waals surface area (Å²) in [7, 11) is 1.39. The van der Waals surface area contributed by atoms with Gasteiger partial charge < -0.3 is 19.3 Å². The summed E-state index contributed by atoms with van der Waals surface area (Å²) in [6.07, 6.45) is 0. The zero-order valence-electron chi connectivity index (χ0n) is 21.2. The van der Waals surface area contributed by atoms with E-state index in [1.165, 1.54) is 24.1 Å². The lowest BCUT2D eigenvalue weighted by Gasteiger charge is -2.27. The number of hydrogen-bond acceptors (Lipinski definition) is 6. The van der Waals surface area contributed by atoms with Crippen LogP contribution < -0.4 is 19.1 Å². The van der Waals surface area contributed by atoms with Crippen LogP contribution in [0.4, 0.5) is 5.69 Å². The minimum absolute atomic E-state index is 0.0601. The topological polar surface area (TPSA) is 85.3 Å². The van der Waals surface area contributed by atoms with Gasteiger partial charge in [-0.25, -0.2) is 0 Å². The van der Waals surface area contributed by atoms with Crippen LogP contribution in [0.15, 0.2) is 60.2 Å². The van der Waals surface area contributed by atoms with E-state index in [0.29, 0.717) is 22.7 Å². The zero-order valence-corrected chi connectivity index (χ0v) is 22.7. The maximum Gasteiger partial charge on any atom is 0.300 e. The number of amides is 1. The maximum absolute atomic E-state index is 13.5. The Balaban J connectivity index is 1.74. The smallest absolute Gasteiger partial charge is 0.300 e. The van der Waals surface area contributed by atoms with Crippen LogP contribution in [-0.2, 0) is 15.0 Å². The molecule has 0 spiro atoms. The molecule has 7 nitrogen and oxygen atoms in total. The number of methoxy groups -OCH3 is 1. The van der Waals surface area contributed by atoms with E-state index in [-0.39, 0.29) is 39.1 Å². The molecule has 0 aromatic heterocycles. The molecule has 0 bridgehead atoms. The summed E-state index contributed by atoms with van der Waals surface area (Å²) < 4.78 is 16.3. The molecule has 3 aromatic carbocycles. The van der Waals surface area contributed by atoms with Gasteiger partial charge in [-0.1, -0.05) is 68.2 Å². The molecule has 1 fully saturated rings. The zero-order chi connectivity index (χ0) is 27.4. The lowest BCUT2D eigenvalue weighted by atomic mass is 9.85. The average Bonchev–Trinajstić information content (AvgIpc) is 3.44. The second-order valence-corrected chi connectivity index (χ2v) is 10.9. The highest BCUT2D eigenvalue weighted by molar-refractivity contribution is 6.52. The summed E-state index contributed by atoms with van der Waals surface area (Å²) in [5.74, 6) is -0.989. The Kier molecular flexibility index (Phi) is 6.53. The van der Waals surface area contributed by atoms with Crippen LogP contribution in [0.25, 0.3) is 5.76 Å². The molecule has 0 aliphatic carbocycles. The van der Waals surface area contributed by atoms with Crippen molar-refractivity contribution in [1.29, 1.82) is 0 Å². The molecule has 1 amide bonds. The molecule has 1 saturated heterocycles. The number of ketones is 1. The minimum atomic E-state index is -0.952. The Morgan fingerprint density at radius 1 is 1.00 bits per heavy atom. The lowest BCUT2D eigenvalue weighted by molar-refractivity contribution is -0.132. The van der Waals surface area contributed by atoms with E-state index in [2.05, 4.69) is 20.8 Å². The van der Waals surface area contributed by atoms with E-state index < -0.39 is 23.5 Å². The molecule has 1 unspecified atom stereocenters. The minimum Gasteiger partial charge on any atom is -0.507 e. The largest absolute Gasteiger partial charge is 0.507 e. The van der Waals surface area contributed by atoms with Crippen LogP contribution in [0.3, 0.4) is 0 Å². The molecule has 0 radical (unpaired) electrons. The highest BCUT2D eigenvalue weighted by atomic mass is 35.5. The first-order valence-electron chi connectivity index (χ1n) is 11.9. The number of aliphatic hydroxyl groups excluding tert-OH is 1. The van der Waals surface area contributed by atoms with Crippen molar-refractivity contribution in [1.82, 2.24) is 0 Å². The van der Waals surface area contributed by atoms with Crippen molar-refractivity contribution in [2.75, 3.05) is 18.8 Å². The highest BCUT2D eigenvalue weighted by Gasteiger charge is 2.47. The van der Waals surface area contributed by atoms with E-state index in [1.54, 1.807) is 18.2 Å². The third-order valence-corrected chi connectivity index (χ3v) is 7.14. The Bertz CT molecular complexity index is 1490. The fraction of sp³-hybridized carbons (Fsp3) is 0.241. The van der Waals surface area contributed by atoms with E-state index in [9.17, 15) is 14.7 Å². The first-order valence-corrected chi connectivity index (χ1v) is 12.6. The molecule has 38 heavy (non-hydrogen) atoms. The molecule has 196 valence electrons. The highest BCUT2D eigenvalue weighted by Crippen LogP contribution is 2.47. The number of anilines is 1. The van der Waals surface area contributed by atoms with Crippen molar-refractivity contribution in [2.24, 2.45) is 0 Å². The summed E-state index contributed by atoms with van der Waals surface area (Å²) in [5, 5.41) is 11.9. The first-order chi connectivity index (χ1) is 18.0. The Morgan fingerprint density at radius 2 is 1.68 bits per heavy atom. The van der Waals surface area contributed by atoms with Crippen molar-refractivity contribution in [2.45, 2.75) is 32.2 Å². The second kappa shape index (κ2) is 9.57. The number of hydrogen-bond donors (Lipinski definition) is 1. The second-order valence-electron chi connectivity index (χ2n) is 10.0. The number of Topliss-reactive ketones (excluding diaryl/α,β-unsaturated/α-hetero) is 1. The number of carbonyl (C=O) groups excluding carboxylic acids is 2. The van der Waals surface area contributed by atoms with Crippen LogP contribution in [0, 0.1) is 0 Å². The van der Waals surface area contributed by atoms with E-state index >= 15 is 0 Å². The summed E-state index contributed by atoms with van der Waals surface area (Å²) in [6.45, 7) is 6.34. The van der Waals surface area contributed by atoms with Crippen molar-refractivity contribution < 1.29 is 28.9 Å². The first kappa shape index (κ1) is 25.9. The molecule has 1 N–H and O–H groups in total. The Labute approximate surface area is 230 Å². The number of rotatable bonds is 4. The predicted octanol–water partition coefficient (Wildman–Crippen LogP) is 6.65. The summed E-state index contributed by atoms with van der Waals surface area (Å²) >= 11 is 12.5. The van der Waals surface area contributed by atoms with Gasteiger partial charge in [0.25, 0.3) is 11.7 Å². The van der Waals surface area contributed by atoms with Crippen molar-refractivity contribution in [3.05, 3.63) is 86.9 Å². The van der Waals surface area contributed by atoms with Gasteiger partial charge in [0.05, 0.1) is 29.3 Å². The fourth-order valence-electron chi connectivity index (χ4n) is 4.70. The number of benzene rings is 3. The van der Waals surface area contributed by atoms with E-state index in [0.717, 1.165) is 5.56 Å². The predicted molar refractivity (Wildman–Crippen MR) is 146 cm³/mol. The molecule has 0 saturated carbocycles. The number of ether oxygens (including phenoxy) is 3. The Morgan fingerprint density at radius 3 is 2.34 bits per heavy atom. The molecule has 9 heteroatoms. The maximum atomic E-state index is 13.5. The van der Waals surface area contributed by atoms with Gasteiger partial charge in [-0.15, -0.1) is 0 Å². The molecular formula is C29H25Cl2NO6. The van der Waals surface area contributed by atoms with Gasteiger partial charge in [-0.3, -0.25) is 14.5 Å². The van der Waals surface area contributed by atoms with Gasteiger partial charge in [0.2, 0.25) is 6.79 Å². The van der Waals surface area contributed by atoms with Gasteiger partial charge in [0, 0.05) is 16.8 Å². The lowest BCUT2D eigenvalue weighted by Crippen LogP contribution is -2.29. The number of nitrogens with zero attached hydrogens (tertiary/aromatic N) is 1. The van der Waals surface area contributed by atoms with Crippen molar-refractivity contribution in [3.63, 3.8) is 0 Å². The summed E-state index contributed by atoms with van der Waals surface area (Å²) in [5.41, 5.74) is 1.99. The molecule has 2 aliphatic heterocycles. The van der Waals surface area contributed by atoms with Gasteiger partial charge in [-0.05, 0) is 40.8 Å². The number of carbonyl (C=O) groups is 2. The number of halogens is 2. The molecular weight excluding hydrogens is 529 g/mol. The van der Waals surface area contributed by atoms with Crippen LogP contribution in [-0.4, -0.2) is 30.7 Å². The quantitative estimate of drug-likeness (QED) is 0.221. The molecule has 1 atom stereocenters. The SMILES string of the molecule is COc1c(Cl)cc(Cl)cc1/C(O)=C1\C(=O)C(=O)N(c2ccc3c(c2)OCO3)C1c1ccc(C(C)(C)C)cc1. The molecule has 2 aliphatic rings. The number of aliphatic hydroxyl groups is 1. The fourth-order valence-corrected chi connectivity index (χ4v) is 5.27. The van der Waals surface area contributed by atoms with E-state index in [1.807, 2.05) is 24.3 Å². The van der Waals surface area contributed by atoms with Crippen LogP contribution in [0.2, 0.25) is 10.0 Å². The van der Waals surface area contributed by atoms with E-state index in [4.69, 9.17) is 37.4 Å². The molecule has 5 rings (SSSR count). The normalized spacial score (nSPS) is 18.3. The third kappa shape index (κ3) is 4.36. The van der Waals surface area contributed by atoms with Crippen LogP contribution >= 0.6 is 23.2 Å². The van der Waals surface area contributed by atoms with Crippen molar-refractivity contribution >= 4 is 46.3 Å². The molecule has 2 heterocycles. The van der Waals surface area contributed by atoms with Gasteiger partial charge in [-0.2, -0.15) is 0 Å². The van der Waals surface area contributed by atoms with Crippen LogP contribution in [0.5, 0.6) is 17.2 Å².